The lowest BCUT2D eigenvalue weighted by molar-refractivity contribution is 0.0872. The number of carbonyl (C=O) groups is 1. The molecule has 1 saturated heterocycles. The third kappa shape index (κ3) is 4.54. The summed E-state index contributed by atoms with van der Waals surface area (Å²) in [4.78, 5) is 13.0. The van der Waals surface area contributed by atoms with Crippen LogP contribution in [0.2, 0.25) is 0 Å². The average molecular weight is 404 g/mol. The lowest BCUT2D eigenvalue weighted by Gasteiger charge is -2.31. The number of benzene rings is 2. The van der Waals surface area contributed by atoms with Crippen LogP contribution < -0.4 is 9.47 Å². The normalized spacial score (nSPS) is 17.9. The summed E-state index contributed by atoms with van der Waals surface area (Å²) >= 11 is 0. The van der Waals surface area contributed by atoms with Gasteiger partial charge in [0.2, 0.25) is 10.0 Å². The summed E-state index contributed by atoms with van der Waals surface area (Å²) in [6.45, 7) is 0.660. The molecule has 1 aliphatic heterocycles. The molecule has 0 radical (unpaired) electrons. The minimum Gasteiger partial charge on any atom is -0.493 e. The van der Waals surface area contributed by atoms with Gasteiger partial charge in [0.05, 0.1) is 20.0 Å². The van der Waals surface area contributed by atoms with Crippen molar-refractivity contribution in [3.63, 3.8) is 0 Å². The van der Waals surface area contributed by atoms with Gasteiger partial charge < -0.3 is 9.47 Å². The standard InChI is InChI=1S/C21H25NO5S/c1-26-19-11-10-17(13-20(19)27-2)21(23)18-9-6-12-22(14-18)28(24,25)15-16-7-4-3-5-8-16/h3-5,7-8,10-11,13,18H,6,9,12,14-15H2,1-2H3/t18-/m0/s1. The molecule has 150 valence electrons. The molecule has 1 atom stereocenters. The number of hydrogen-bond acceptors (Lipinski definition) is 5. The molecule has 1 aliphatic rings. The van der Waals surface area contributed by atoms with Crippen LogP contribution in [0.3, 0.4) is 0 Å². The van der Waals surface area contributed by atoms with Crippen LogP contribution in [0.1, 0.15) is 28.8 Å². The van der Waals surface area contributed by atoms with Crippen molar-refractivity contribution in [3.05, 3.63) is 59.7 Å². The molecule has 0 saturated carbocycles. The first-order valence-corrected chi connectivity index (χ1v) is 10.8. The number of methoxy groups -OCH3 is 2. The first-order chi connectivity index (χ1) is 13.4. The fourth-order valence-corrected chi connectivity index (χ4v) is 5.12. The summed E-state index contributed by atoms with van der Waals surface area (Å²) in [7, 11) is -0.416. The van der Waals surface area contributed by atoms with Crippen LogP contribution in [-0.4, -0.2) is 45.8 Å². The minimum absolute atomic E-state index is 0.0505. The van der Waals surface area contributed by atoms with E-state index in [4.69, 9.17) is 9.47 Å². The zero-order valence-corrected chi connectivity index (χ0v) is 16.9. The number of hydrogen-bond donors (Lipinski definition) is 0. The van der Waals surface area contributed by atoms with Gasteiger partial charge in [0, 0.05) is 24.6 Å². The molecule has 28 heavy (non-hydrogen) atoms. The highest BCUT2D eigenvalue weighted by Crippen LogP contribution is 2.30. The van der Waals surface area contributed by atoms with Crippen molar-refractivity contribution in [3.8, 4) is 11.5 Å². The van der Waals surface area contributed by atoms with Crippen LogP contribution in [0.5, 0.6) is 11.5 Å². The molecule has 0 aromatic heterocycles. The summed E-state index contributed by atoms with van der Waals surface area (Å²) in [6, 6.07) is 14.1. The third-order valence-electron chi connectivity index (χ3n) is 5.01. The maximum Gasteiger partial charge on any atom is 0.218 e. The Morgan fingerprint density at radius 1 is 1.07 bits per heavy atom. The summed E-state index contributed by atoms with van der Waals surface area (Å²) < 4.78 is 37.6. The molecule has 2 aromatic carbocycles. The van der Waals surface area contributed by atoms with E-state index in [9.17, 15) is 13.2 Å². The van der Waals surface area contributed by atoms with E-state index >= 15 is 0 Å². The average Bonchev–Trinajstić information content (AvgIpc) is 2.73. The maximum atomic E-state index is 13.0. The third-order valence-corrected chi connectivity index (χ3v) is 6.82. The van der Waals surface area contributed by atoms with E-state index in [1.165, 1.54) is 18.5 Å². The molecule has 0 spiro atoms. The highest BCUT2D eigenvalue weighted by molar-refractivity contribution is 7.88. The number of sulfonamides is 1. The first-order valence-electron chi connectivity index (χ1n) is 9.22. The molecular weight excluding hydrogens is 378 g/mol. The van der Waals surface area contributed by atoms with E-state index in [0.717, 1.165) is 5.56 Å². The summed E-state index contributed by atoms with van der Waals surface area (Å²) in [5, 5.41) is 0. The van der Waals surface area contributed by atoms with Crippen LogP contribution >= 0.6 is 0 Å². The second-order valence-electron chi connectivity index (χ2n) is 6.87. The highest BCUT2D eigenvalue weighted by Gasteiger charge is 2.33. The number of Topliss-reactive ketones (excluding diaryl/α,β-unsaturated/α-hetero) is 1. The number of ketones is 1. The fraction of sp³-hybridized carbons (Fsp3) is 0.381. The van der Waals surface area contributed by atoms with Crippen molar-refractivity contribution in [1.82, 2.24) is 4.31 Å². The highest BCUT2D eigenvalue weighted by atomic mass is 32.2. The van der Waals surface area contributed by atoms with Crippen molar-refractivity contribution in [2.75, 3.05) is 27.3 Å². The lowest BCUT2D eigenvalue weighted by Crippen LogP contribution is -2.42. The van der Waals surface area contributed by atoms with E-state index in [1.54, 1.807) is 30.3 Å². The van der Waals surface area contributed by atoms with Crippen LogP contribution in [0, 0.1) is 5.92 Å². The number of ether oxygens (including phenoxy) is 2. The van der Waals surface area contributed by atoms with Crippen molar-refractivity contribution in [1.29, 1.82) is 0 Å². The summed E-state index contributed by atoms with van der Waals surface area (Å²) in [6.07, 6.45) is 1.34. The Hall–Kier alpha value is -2.38. The Kier molecular flexibility index (Phi) is 6.36. The van der Waals surface area contributed by atoms with E-state index < -0.39 is 10.0 Å². The van der Waals surface area contributed by atoms with E-state index in [-0.39, 0.29) is 24.0 Å². The molecular formula is C21H25NO5S. The van der Waals surface area contributed by atoms with Gasteiger partial charge in [0.15, 0.2) is 17.3 Å². The predicted molar refractivity (Wildman–Crippen MR) is 107 cm³/mol. The second kappa shape index (κ2) is 8.75. The molecule has 1 fully saturated rings. The Bertz CT molecular complexity index is 927. The van der Waals surface area contributed by atoms with Crippen molar-refractivity contribution >= 4 is 15.8 Å². The first kappa shape index (κ1) is 20.4. The van der Waals surface area contributed by atoms with Gasteiger partial charge in [0.1, 0.15) is 0 Å². The van der Waals surface area contributed by atoms with Crippen molar-refractivity contribution < 1.29 is 22.7 Å². The van der Waals surface area contributed by atoms with Gasteiger partial charge in [-0.1, -0.05) is 30.3 Å². The molecule has 1 heterocycles. The van der Waals surface area contributed by atoms with Crippen molar-refractivity contribution in [2.45, 2.75) is 18.6 Å². The fourth-order valence-electron chi connectivity index (χ4n) is 3.51. The number of rotatable bonds is 7. The molecule has 0 bridgehead atoms. The molecule has 3 rings (SSSR count). The van der Waals surface area contributed by atoms with Crippen LogP contribution in [0.4, 0.5) is 0 Å². The van der Waals surface area contributed by atoms with Gasteiger partial charge in [-0.15, -0.1) is 0 Å². The molecule has 0 N–H and O–H groups in total. The minimum atomic E-state index is -3.47. The largest absolute Gasteiger partial charge is 0.493 e. The zero-order chi connectivity index (χ0) is 20.1. The molecule has 7 heteroatoms. The van der Waals surface area contributed by atoms with Gasteiger partial charge in [0.25, 0.3) is 0 Å². The quantitative estimate of drug-likeness (QED) is 0.664. The van der Waals surface area contributed by atoms with Gasteiger partial charge in [-0.2, -0.15) is 0 Å². The Balaban J connectivity index is 1.75. The molecule has 0 unspecified atom stereocenters. The topological polar surface area (TPSA) is 72.9 Å². The van der Waals surface area contributed by atoms with E-state index in [0.29, 0.717) is 36.4 Å². The number of nitrogens with zero attached hydrogens (tertiary/aromatic N) is 1. The second-order valence-corrected chi connectivity index (χ2v) is 8.84. The van der Waals surface area contributed by atoms with E-state index in [2.05, 4.69) is 0 Å². The predicted octanol–water partition coefficient (Wildman–Crippen LogP) is 3.13. The summed E-state index contributed by atoms with van der Waals surface area (Å²) in [5.41, 5.74) is 1.25. The molecule has 0 amide bonds. The van der Waals surface area contributed by atoms with Gasteiger partial charge in [-0.05, 0) is 36.6 Å². The lowest BCUT2D eigenvalue weighted by atomic mass is 9.91. The molecule has 0 aliphatic carbocycles. The van der Waals surface area contributed by atoms with Crippen LogP contribution in [0.25, 0.3) is 0 Å². The van der Waals surface area contributed by atoms with Crippen LogP contribution in [-0.2, 0) is 15.8 Å². The molecule has 6 nitrogen and oxygen atoms in total. The summed E-state index contributed by atoms with van der Waals surface area (Å²) in [5.74, 6) is 0.552. The molecule has 2 aromatic rings. The van der Waals surface area contributed by atoms with Gasteiger partial charge in [-0.3, -0.25) is 4.79 Å². The smallest absolute Gasteiger partial charge is 0.218 e. The van der Waals surface area contributed by atoms with Gasteiger partial charge >= 0.3 is 0 Å². The van der Waals surface area contributed by atoms with Crippen LogP contribution in [0.15, 0.2) is 48.5 Å². The Labute approximate surface area is 166 Å². The Morgan fingerprint density at radius 2 is 1.79 bits per heavy atom. The van der Waals surface area contributed by atoms with Crippen molar-refractivity contribution in [2.24, 2.45) is 5.92 Å². The van der Waals surface area contributed by atoms with Gasteiger partial charge in [-0.25, -0.2) is 12.7 Å². The number of piperidine rings is 1. The maximum absolute atomic E-state index is 13.0. The monoisotopic (exact) mass is 403 g/mol. The Morgan fingerprint density at radius 3 is 2.46 bits per heavy atom. The number of carbonyl (C=O) groups excluding carboxylic acids is 1. The van der Waals surface area contributed by atoms with E-state index in [1.807, 2.05) is 18.2 Å². The SMILES string of the molecule is COc1ccc(C(=O)[C@H]2CCCN(S(=O)(=O)Cc3ccccc3)C2)cc1OC. The zero-order valence-electron chi connectivity index (χ0n) is 16.1.